The molecule has 1 aliphatic carbocycles. The molecule has 134 valence electrons. The van der Waals surface area contributed by atoms with Gasteiger partial charge < -0.3 is 14.8 Å². The maximum absolute atomic E-state index is 12.4. The minimum atomic E-state index is -0.894. The molecule has 1 saturated carbocycles. The number of imide groups is 1. The van der Waals surface area contributed by atoms with Gasteiger partial charge in [-0.3, -0.25) is 14.5 Å². The molecule has 3 rings (SSSR count). The van der Waals surface area contributed by atoms with Crippen LogP contribution >= 0.6 is 11.6 Å². The van der Waals surface area contributed by atoms with E-state index < -0.39 is 24.1 Å². The van der Waals surface area contributed by atoms with Crippen molar-refractivity contribution in [1.29, 1.82) is 0 Å². The lowest BCUT2D eigenvalue weighted by Gasteiger charge is -2.20. The van der Waals surface area contributed by atoms with Crippen molar-refractivity contribution in [3.63, 3.8) is 0 Å². The fraction of sp³-hybridized carbons (Fsp3) is 0.471. The van der Waals surface area contributed by atoms with E-state index in [1.54, 1.807) is 31.2 Å². The third-order valence-electron chi connectivity index (χ3n) is 4.41. The monoisotopic (exact) mass is 366 g/mol. The van der Waals surface area contributed by atoms with E-state index in [1.807, 2.05) is 0 Å². The Morgan fingerprint density at radius 3 is 2.60 bits per heavy atom. The minimum Gasteiger partial charge on any atom is -0.490 e. The van der Waals surface area contributed by atoms with Crippen molar-refractivity contribution in [2.24, 2.45) is 5.92 Å². The van der Waals surface area contributed by atoms with Crippen molar-refractivity contribution in [2.75, 3.05) is 19.8 Å². The Morgan fingerprint density at radius 2 is 1.96 bits per heavy atom. The minimum absolute atomic E-state index is 0.0189. The lowest BCUT2D eigenvalue weighted by molar-refractivity contribution is -0.148. The number of ether oxygens (including phenoxy) is 2. The van der Waals surface area contributed by atoms with Gasteiger partial charge in [0.1, 0.15) is 31.0 Å². The quantitative estimate of drug-likeness (QED) is 0.453. The van der Waals surface area contributed by atoms with Gasteiger partial charge >= 0.3 is 12.0 Å². The third-order valence-corrected chi connectivity index (χ3v) is 4.66. The number of nitrogens with zero attached hydrogens (tertiary/aromatic N) is 1. The van der Waals surface area contributed by atoms with Crippen LogP contribution in [0.4, 0.5) is 4.79 Å². The number of benzene rings is 1. The van der Waals surface area contributed by atoms with Crippen LogP contribution in [-0.2, 0) is 14.3 Å². The summed E-state index contributed by atoms with van der Waals surface area (Å²) in [4.78, 5) is 37.1. The molecule has 8 heteroatoms. The second kappa shape index (κ2) is 6.92. The summed E-state index contributed by atoms with van der Waals surface area (Å²) in [5, 5.41) is 3.29. The normalized spacial score (nSPS) is 22.7. The van der Waals surface area contributed by atoms with Gasteiger partial charge in [0.15, 0.2) is 0 Å². The molecule has 1 unspecified atom stereocenters. The van der Waals surface area contributed by atoms with Crippen molar-refractivity contribution in [1.82, 2.24) is 10.2 Å². The zero-order chi connectivity index (χ0) is 18.0. The van der Waals surface area contributed by atoms with Crippen LogP contribution in [0, 0.1) is 5.92 Å². The van der Waals surface area contributed by atoms with Crippen LogP contribution < -0.4 is 10.1 Å². The van der Waals surface area contributed by atoms with Crippen LogP contribution in [0.25, 0.3) is 0 Å². The zero-order valence-corrected chi connectivity index (χ0v) is 14.5. The lowest BCUT2D eigenvalue weighted by atomic mass is 9.96. The number of rotatable bonds is 7. The average molecular weight is 367 g/mol. The average Bonchev–Trinajstić information content (AvgIpc) is 3.40. The van der Waals surface area contributed by atoms with E-state index in [4.69, 9.17) is 21.1 Å². The molecule has 1 heterocycles. The summed E-state index contributed by atoms with van der Waals surface area (Å²) in [6.07, 6.45) is 1.81. The number of hydrogen-bond acceptors (Lipinski definition) is 5. The summed E-state index contributed by atoms with van der Waals surface area (Å²) >= 11 is 5.77. The van der Waals surface area contributed by atoms with Crippen LogP contribution in [0.2, 0.25) is 5.02 Å². The molecule has 7 nitrogen and oxygen atoms in total. The van der Waals surface area contributed by atoms with Crippen LogP contribution in [0.5, 0.6) is 5.75 Å². The molecule has 2 fully saturated rings. The molecule has 0 aromatic heterocycles. The van der Waals surface area contributed by atoms with E-state index in [2.05, 4.69) is 5.32 Å². The topological polar surface area (TPSA) is 84.9 Å². The summed E-state index contributed by atoms with van der Waals surface area (Å²) in [6, 6.07) is 6.25. The van der Waals surface area contributed by atoms with Gasteiger partial charge in [-0.15, -0.1) is 0 Å². The molecule has 1 aliphatic heterocycles. The van der Waals surface area contributed by atoms with Crippen LogP contribution in [0.3, 0.4) is 0 Å². The number of hydrogen-bond donors (Lipinski definition) is 1. The SMILES string of the molecule is CC1(C2CC2)NC(=O)N(CC(=O)OCCOc2ccc(Cl)cc2)C1=O. The highest BCUT2D eigenvalue weighted by atomic mass is 35.5. The molecule has 25 heavy (non-hydrogen) atoms. The molecule has 1 saturated heterocycles. The van der Waals surface area contributed by atoms with Crippen LogP contribution in [0.1, 0.15) is 19.8 Å². The molecule has 1 N–H and O–H groups in total. The van der Waals surface area contributed by atoms with Gasteiger partial charge in [0.25, 0.3) is 5.91 Å². The first-order valence-electron chi connectivity index (χ1n) is 8.08. The number of halogens is 1. The number of carbonyl (C=O) groups is 3. The molecule has 2 aliphatic rings. The highest BCUT2D eigenvalue weighted by Crippen LogP contribution is 2.42. The Morgan fingerprint density at radius 1 is 1.28 bits per heavy atom. The molecule has 1 aromatic carbocycles. The molecular formula is C17H19ClN2O5. The highest BCUT2D eigenvalue weighted by molar-refractivity contribution is 6.30. The highest BCUT2D eigenvalue weighted by Gasteiger charge is 2.56. The summed E-state index contributed by atoms with van der Waals surface area (Å²) in [6.45, 7) is 1.49. The predicted molar refractivity (Wildman–Crippen MR) is 89.3 cm³/mol. The lowest BCUT2D eigenvalue weighted by Crippen LogP contribution is -2.46. The number of nitrogens with one attached hydrogen (secondary N) is 1. The van der Waals surface area contributed by atoms with E-state index in [0.717, 1.165) is 17.7 Å². The fourth-order valence-corrected chi connectivity index (χ4v) is 2.94. The Hall–Kier alpha value is -2.28. The van der Waals surface area contributed by atoms with Gasteiger partial charge in [0.05, 0.1) is 0 Å². The fourth-order valence-electron chi connectivity index (χ4n) is 2.82. The van der Waals surface area contributed by atoms with Crippen molar-refractivity contribution < 1.29 is 23.9 Å². The van der Waals surface area contributed by atoms with Gasteiger partial charge in [-0.05, 0) is 49.9 Å². The van der Waals surface area contributed by atoms with Crippen molar-refractivity contribution >= 4 is 29.5 Å². The first-order chi connectivity index (χ1) is 11.9. The van der Waals surface area contributed by atoms with E-state index in [0.29, 0.717) is 10.8 Å². The van der Waals surface area contributed by atoms with E-state index >= 15 is 0 Å². The third kappa shape index (κ3) is 3.87. The second-order valence-corrected chi connectivity index (χ2v) is 6.76. The van der Waals surface area contributed by atoms with Gasteiger partial charge in [-0.2, -0.15) is 0 Å². The van der Waals surface area contributed by atoms with E-state index in [9.17, 15) is 14.4 Å². The summed E-state index contributed by atoms with van der Waals surface area (Å²) in [5.41, 5.74) is -0.894. The molecule has 0 bridgehead atoms. The standard InChI is InChI=1S/C17H19ClN2O5/c1-17(11-2-3-11)15(22)20(16(23)19-17)10-14(21)25-9-8-24-13-6-4-12(18)5-7-13/h4-7,11H,2-3,8-10H2,1H3,(H,19,23). The summed E-state index contributed by atoms with van der Waals surface area (Å²) in [7, 11) is 0. The van der Waals surface area contributed by atoms with Gasteiger partial charge in [-0.25, -0.2) is 4.79 Å². The Labute approximate surface area is 150 Å². The number of carbonyl (C=O) groups excluding carboxylic acids is 3. The maximum Gasteiger partial charge on any atom is 0.326 e. The van der Waals surface area contributed by atoms with Crippen molar-refractivity contribution in [2.45, 2.75) is 25.3 Å². The van der Waals surface area contributed by atoms with E-state index in [-0.39, 0.29) is 25.0 Å². The van der Waals surface area contributed by atoms with Crippen LogP contribution in [-0.4, -0.2) is 48.1 Å². The Balaban J connectivity index is 1.42. The smallest absolute Gasteiger partial charge is 0.326 e. The number of esters is 1. The van der Waals surface area contributed by atoms with Crippen LogP contribution in [0.15, 0.2) is 24.3 Å². The summed E-state index contributed by atoms with van der Waals surface area (Å²) < 4.78 is 10.4. The molecule has 1 atom stereocenters. The van der Waals surface area contributed by atoms with Gasteiger partial charge in [0, 0.05) is 5.02 Å². The maximum atomic E-state index is 12.4. The largest absolute Gasteiger partial charge is 0.490 e. The van der Waals surface area contributed by atoms with Gasteiger partial charge in [0.2, 0.25) is 0 Å². The number of amides is 3. The van der Waals surface area contributed by atoms with Crippen molar-refractivity contribution in [3.8, 4) is 5.75 Å². The molecule has 0 radical (unpaired) electrons. The Kier molecular flexibility index (Phi) is 4.85. The first kappa shape index (κ1) is 17.5. The van der Waals surface area contributed by atoms with Gasteiger partial charge in [-0.1, -0.05) is 11.6 Å². The van der Waals surface area contributed by atoms with Crippen molar-refractivity contribution in [3.05, 3.63) is 29.3 Å². The molecule has 1 aromatic rings. The molecular weight excluding hydrogens is 348 g/mol. The molecule has 0 spiro atoms. The second-order valence-electron chi connectivity index (χ2n) is 6.32. The number of urea groups is 1. The van der Waals surface area contributed by atoms with E-state index in [1.165, 1.54) is 0 Å². The summed E-state index contributed by atoms with van der Waals surface area (Å²) in [5.74, 6) is -0.259. The zero-order valence-electron chi connectivity index (χ0n) is 13.8. The first-order valence-corrected chi connectivity index (χ1v) is 8.46. The Bertz CT molecular complexity index is 689. The molecule has 3 amide bonds. The predicted octanol–water partition coefficient (Wildman–Crippen LogP) is 1.98.